The van der Waals surface area contributed by atoms with Crippen LogP contribution >= 0.6 is 0 Å². The lowest BCUT2D eigenvalue weighted by atomic mass is 10.0. The number of allylic oxidation sites excluding steroid dienone is 5. The first-order chi connectivity index (χ1) is 42.5. The Balaban J connectivity index is 3.38. The molecule has 0 spiro atoms. The lowest BCUT2D eigenvalue weighted by Gasteiger charge is -2.20. The molecule has 3 N–H and O–H groups in total. The van der Waals surface area contributed by atoms with Crippen LogP contribution in [0.5, 0.6) is 0 Å². The van der Waals surface area contributed by atoms with Gasteiger partial charge in [0.25, 0.3) is 0 Å². The summed E-state index contributed by atoms with van der Waals surface area (Å²) >= 11 is 0. The smallest absolute Gasteiger partial charge is 0.305 e. The number of aliphatic hydroxyl groups excluding tert-OH is 2. The van der Waals surface area contributed by atoms with Gasteiger partial charge in [-0.05, 0) is 83.5 Å². The Bertz CT molecular complexity index is 1390. The molecular formula is C80H153NO5. The zero-order valence-electron chi connectivity index (χ0n) is 58.3. The van der Waals surface area contributed by atoms with Gasteiger partial charge in [-0.25, -0.2) is 0 Å². The summed E-state index contributed by atoms with van der Waals surface area (Å²) in [6.07, 6.45) is 98.3. The molecule has 0 aliphatic rings. The molecule has 0 radical (unpaired) electrons. The van der Waals surface area contributed by atoms with E-state index in [1.165, 1.54) is 366 Å². The fourth-order valence-electron chi connectivity index (χ4n) is 12.4. The topological polar surface area (TPSA) is 95.9 Å². The van der Waals surface area contributed by atoms with Crippen molar-refractivity contribution in [3.8, 4) is 0 Å². The molecule has 0 rings (SSSR count). The molecule has 0 aromatic rings. The summed E-state index contributed by atoms with van der Waals surface area (Å²) in [5, 5.41) is 23.3. The molecule has 0 saturated carbocycles. The van der Waals surface area contributed by atoms with E-state index in [2.05, 4.69) is 43.5 Å². The molecule has 0 aromatic carbocycles. The van der Waals surface area contributed by atoms with E-state index in [-0.39, 0.29) is 18.5 Å². The summed E-state index contributed by atoms with van der Waals surface area (Å²) in [5.41, 5.74) is 0. The number of rotatable bonds is 74. The van der Waals surface area contributed by atoms with Crippen LogP contribution in [0.3, 0.4) is 0 Å². The van der Waals surface area contributed by atoms with Crippen LogP contribution in [0.1, 0.15) is 438 Å². The zero-order chi connectivity index (χ0) is 62.0. The third kappa shape index (κ3) is 71.2. The number of carbonyl (C=O) groups excluding carboxylic acids is 2. The van der Waals surface area contributed by atoms with Gasteiger partial charge in [0.1, 0.15) is 0 Å². The predicted octanol–water partition coefficient (Wildman–Crippen LogP) is 25.8. The van der Waals surface area contributed by atoms with Crippen molar-refractivity contribution >= 4 is 11.9 Å². The van der Waals surface area contributed by atoms with Crippen molar-refractivity contribution in [1.29, 1.82) is 0 Å². The van der Waals surface area contributed by atoms with Gasteiger partial charge in [-0.1, -0.05) is 378 Å². The molecule has 0 bridgehead atoms. The van der Waals surface area contributed by atoms with E-state index in [0.717, 1.165) is 44.9 Å². The van der Waals surface area contributed by atoms with E-state index in [4.69, 9.17) is 4.74 Å². The molecule has 0 fully saturated rings. The fourth-order valence-corrected chi connectivity index (χ4v) is 12.4. The molecule has 0 heterocycles. The lowest BCUT2D eigenvalue weighted by molar-refractivity contribution is -0.143. The normalized spacial score (nSPS) is 12.7. The van der Waals surface area contributed by atoms with Crippen LogP contribution in [0.25, 0.3) is 0 Å². The Labute approximate surface area is 538 Å². The van der Waals surface area contributed by atoms with Gasteiger partial charge < -0.3 is 20.3 Å². The maximum absolute atomic E-state index is 12.5. The van der Waals surface area contributed by atoms with Gasteiger partial charge in [-0.2, -0.15) is 0 Å². The number of aliphatic hydroxyl groups is 2. The molecule has 0 aromatic heterocycles. The van der Waals surface area contributed by atoms with Gasteiger partial charge in [0, 0.05) is 12.8 Å². The van der Waals surface area contributed by atoms with Crippen LogP contribution in [0.4, 0.5) is 0 Å². The number of hydrogen-bond acceptors (Lipinski definition) is 5. The second-order valence-corrected chi connectivity index (χ2v) is 27.0. The van der Waals surface area contributed by atoms with E-state index in [9.17, 15) is 19.8 Å². The molecule has 6 nitrogen and oxygen atoms in total. The summed E-state index contributed by atoms with van der Waals surface area (Å²) in [6, 6.07) is -0.628. The largest absolute Gasteiger partial charge is 0.466 e. The van der Waals surface area contributed by atoms with Crippen LogP contribution in [0.15, 0.2) is 36.5 Å². The minimum Gasteiger partial charge on any atom is -0.466 e. The number of hydrogen-bond donors (Lipinski definition) is 3. The van der Waals surface area contributed by atoms with E-state index >= 15 is 0 Å². The Morgan fingerprint density at radius 2 is 0.547 bits per heavy atom. The van der Waals surface area contributed by atoms with Crippen LogP contribution in [-0.4, -0.2) is 47.4 Å². The Kier molecular flexibility index (Phi) is 73.9. The van der Waals surface area contributed by atoms with Gasteiger partial charge in [0.05, 0.1) is 25.4 Å². The molecule has 508 valence electrons. The summed E-state index contributed by atoms with van der Waals surface area (Å²) in [4.78, 5) is 24.6. The minimum absolute atomic E-state index is 0.0107. The van der Waals surface area contributed by atoms with Crippen LogP contribution in [0.2, 0.25) is 0 Å². The van der Waals surface area contributed by atoms with Crippen molar-refractivity contribution in [1.82, 2.24) is 5.32 Å². The minimum atomic E-state index is -0.845. The number of unbranched alkanes of at least 4 members (excludes halogenated alkanes) is 59. The van der Waals surface area contributed by atoms with Crippen molar-refractivity contribution in [2.45, 2.75) is 450 Å². The van der Waals surface area contributed by atoms with Gasteiger partial charge in [0.2, 0.25) is 5.91 Å². The molecule has 2 atom stereocenters. The zero-order valence-corrected chi connectivity index (χ0v) is 58.3. The first-order valence-corrected chi connectivity index (χ1v) is 39.3. The number of amides is 1. The molecule has 6 heteroatoms. The highest BCUT2D eigenvalue weighted by Crippen LogP contribution is 2.19. The highest BCUT2D eigenvalue weighted by Gasteiger charge is 2.18. The standard InChI is InChI=1S/C80H153NO5/c1-3-5-7-9-11-13-15-17-19-21-22-23-35-38-41-44-48-52-56-60-64-68-72-78(83)77(76-82)81-79(84)73-69-65-61-57-53-49-45-42-39-36-33-31-29-27-25-24-26-28-30-32-34-37-40-43-47-51-55-59-63-67-71-75-86-80(85)74-70-66-62-58-54-50-46-20-18-16-14-12-10-8-6-4-2/h20,26,28,46,68,72,77-78,82-83H,3-19,21-25,27,29-45,47-67,69-71,73-76H2,1-2H3,(H,81,84)/b28-26-,46-20-,72-68+. The molecule has 0 aliphatic carbocycles. The highest BCUT2D eigenvalue weighted by molar-refractivity contribution is 5.76. The van der Waals surface area contributed by atoms with Crippen LogP contribution in [0, 0.1) is 0 Å². The monoisotopic (exact) mass is 1210 g/mol. The SMILES string of the molecule is CCCCCCCCC/C=C\CCCCCCCC(=O)OCCCCCCCCCCCCCC/C=C\CCCCCCCCCCCCCCCCCC(=O)NC(CO)C(O)/C=C/CCCCCCCCCCCCCCCCCCCCCC. The second kappa shape index (κ2) is 75.5. The van der Waals surface area contributed by atoms with Gasteiger partial charge in [0.15, 0.2) is 0 Å². The first-order valence-electron chi connectivity index (χ1n) is 39.3. The summed E-state index contributed by atoms with van der Waals surface area (Å²) < 4.78 is 5.50. The average Bonchev–Trinajstić information content (AvgIpc) is 3.54. The summed E-state index contributed by atoms with van der Waals surface area (Å²) in [7, 11) is 0. The highest BCUT2D eigenvalue weighted by atomic mass is 16.5. The Morgan fingerprint density at radius 3 is 0.826 bits per heavy atom. The number of carbonyl (C=O) groups is 2. The van der Waals surface area contributed by atoms with Crippen molar-refractivity contribution in [2.24, 2.45) is 0 Å². The summed E-state index contributed by atoms with van der Waals surface area (Å²) in [5.74, 6) is -0.0507. The van der Waals surface area contributed by atoms with E-state index in [0.29, 0.717) is 19.4 Å². The Morgan fingerprint density at radius 1 is 0.314 bits per heavy atom. The van der Waals surface area contributed by atoms with E-state index < -0.39 is 12.1 Å². The van der Waals surface area contributed by atoms with Crippen molar-refractivity contribution in [3.63, 3.8) is 0 Å². The van der Waals surface area contributed by atoms with Crippen molar-refractivity contribution in [2.75, 3.05) is 13.2 Å². The molecular weight excluding hydrogens is 1050 g/mol. The molecule has 1 amide bonds. The number of nitrogens with one attached hydrogen (secondary N) is 1. The summed E-state index contributed by atoms with van der Waals surface area (Å²) in [6.45, 7) is 4.94. The lowest BCUT2D eigenvalue weighted by Crippen LogP contribution is -2.45. The third-order valence-corrected chi connectivity index (χ3v) is 18.4. The van der Waals surface area contributed by atoms with Gasteiger partial charge in [-0.3, -0.25) is 9.59 Å². The number of ether oxygens (including phenoxy) is 1. The maximum atomic E-state index is 12.5. The van der Waals surface area contributed by atoms with E-state index in [1.807, 2.05) is 6.08 Å². The average molecular weight is 1210 g/mol. The van der Waals surface area contributed by atoms with E-state index in [1.54, 1.807) is 6.08 Å². The number of esters is 1. The molecule has 0 saturated heterocycles. The molecule has 0 aliphatic heterocycles. The fraction of sp³-hybridized carbons (Fsp3) is 0.900. The Hall–Kier alpha value is -1.92. The van der Waals surface area contributed by atoms with Gasteiger partial charge in [-0.15, -0.1) is 0 Å². The first kappa shape index (κ1) is 84.1. The van der Waals surface area contributed by atoms with Gasteiger partial charge >= 0.3 is 5.97 Å². The predicted molar refractivity (Wildman–Crippen MR) is 379 cm³/mol. The quantitative estimate of drug-likeness (QED) is 0.0320. The molecule has 2 unspecified atom stereocenters. The third-order valence-electron chi connectivity index (χ3n) is 18.4. The van der Waals surface area contributed by atoms with Crippen LogP contribution < -0.4 is 5.32 Å². The molecule has 86 heavy (non-hydrogen) atoms. The van der Waals surface area contributed by atoms with Crippen LogP contribution in [-0.2, 0) is 14.3 Å². The van der Waals surface area contributed by atoms with Crippen molar-refractivity contribution < 1.29 is 24.5 Å². The second-order valence-electron chi connectivity index (χ2n) is 27.0. The maximum Gasteiger partial charge on any atom is 0.305 e. The van der Waals surface area contributed by atoms with Crippen molar-refractivity contribution in [3.05, 3.63) is 36.5 Å².